The van der Waals surface area contributed by atoms with Crippen molar-refractivity contribution < 1.29 is 0 Å². The molecule has 0 fully saturated rings. The van der Waals surface area contributed by atoms with Gasteiger partial charge in [-0.1, -0.05) is 32.0 Å². The summed E-state index contributed by atoms with van der Waals surface area (Å²) in [7, 11) is 0. The number of thiophene rings is 1. The average Bonchev–Trinajstić information content (AvgIpc) is 2.85. The van der Waals surface area contributed by atoms with Gasteiger partial charge in [0, 0.05) is 21.0 Å². The maximum Gasteiger partial charge on any atom is 0.163 e. The third-order valence-corrected chi connectivity index (χ3v) is 4.95. The molecule has 2 heterocycles. The summed E-state index contributed by atoms with van der Waals surface area (Å²) in [6, 6.07) is 8.27. The molecule has 0 radical (unpaired) electrons. The summed E-state index contributed by atoms with van der Waals surface area (Å²) in [4.78, 5) is 9.13. The van der Waals surface area contributed by atoms with Gasteiger partial charge in [-0.25, -0.2) is 9.97 Å². The van der Waals surface area contributed by atoms with Gasteiger partial charge in [0.15, 0.2) is 5.82 Å². The van der Waals surface area contributed by atoms with E-state index in [-0.39, 0.29) is 0 Å². The summed E-state index contributed by atoms with van der Waals surface area (Å²) in [5, 5.41) is 3.27. The van der Waals surface area contributed by atoms with Gasteiger partial charge >= 0.3 is 0 Å². The topological polar surface area (TPSA) is 51.8 Å². The Morgan fingerprint density at radius 1 is 1.20 bits per heavy atom. The number of rotatable bonds is 2. The second kappa shape index (κ2) is 5.14. The number of halogens is 1. The van der Waals surface area contributed by atoms with Gasteiger partial charge in [-0.3, -0.25) is 0 Å². The maximum absolute atomic E-state index is 6.01. The van der Waals surface area contributed by atoms with Crippen molar-refractivity contribution >= 4 is 43.2 Å². The van der Waals surface area contributed by atoms with E-state index < -0.39 is 0 Å². The van der Waals surface area contributed by atoms with E-state index in [1.165, 1.54) is 10.1 Å². The molecule has 20 heavy (non-hydrogen) atoms. The lowest BCUT2D eigenvalue weighted by Crippen LogP contribution is -2.04. The molecule has 0 saturated carbocycles. The summed E-state index contributed by atoms with van der Waals surface area (Å²) in [6.45, 7) is 4.20. The van der Waals surface area contributed by atoms with E-state index in [0.29, 0.717) is 17.6 Å². The van der Waals surface area contributed by atoms with Crippen LogP contribution in [0.5, 0.6) is 0 Å². The standard InChI is InChI=1S/C15H14BrN3S/c1-8(2)13-12(16)14(17)19-15(18-13)10-7-20-11-6-4-3-5-9(10)11/h3-8H,1-2H3,(H2,17,18,19). The van der Waals surface area contributed by atoms with Crippen molar-refractivity contribution in [2.24, 2.45) is 0 Å². The van der Waals surface area contributed by atoms with Crippen LogP contribution in [0, 0.1) is 0 Å². The van der Waals surface area contributed by atoms with Crippen LogP contribution in [0.3, 0.4) is 0 Å². The van der Waals surface area contributed by atoms with Crippen LogP contribution in [0.2, 0.25) is 0 Å². The third kappa shape index (κ3) is 2.21. The molecule has 2 N–H and O–H groups in total. The minimum Gasteiger partial charge on any atom is -0.383 e. The lowest BCUT2D eigenvalue weighted by atomic mass is 10.1. The number of anilines is 1. The van der Waals surface area contributed by atoms with Crippen molar-refractivity contribution in [3.8, 4) is 11.4 Å². The minimum atomic E-state index is 0.290. The molecule has 2 aromatic heterocycles. The van der Waals surface area contributed by atoms with Crippen molar-refractivity contribution in [3.05, 3.63) is 39.8 Å². The summed E-state index contributed by atoms with van der Waals surface area (Å²) in [6.07, 6.45) is 0. The van der Waals surface area contributed by atoms with Gasteiger partial charge in [-0.2, -0.15) is 0 Å². The molecule has 0 atom stereocenters. The molecule has 102 valence electrons. The molecule has 0 aliphatic carbocycles. The van der Waals surface area contributed by atoms with Crippen molar-refractivity contribution in [1.29, 1.82) is 0 Å². The number of nitrogens with two attached hydrogens (primary N) is 1. The highest BCUT2D eigenvalue weighted by molar-refractivity contribution is 9.10. The predicted octanol–water partition coefficient (Wildman–Crippen LogP) is 4.83. The van der Waals surface area contributed by atoms with Crippen LogP contribution in [-0.4, -0.2) is 9.97 Å². The first-order chi connectivity index (χ1) is 9.58. The molecule has 0 bridgehead atoms. The molecule has 1 aromatic carbocycles. The molecule has 0 aliphatic rings. The fourth-order valence-corrected chi connectivity index (χ4v) is 3.71. The second-order valence-corrected chi connectivity index (χ2v) is 6.64. The van der Waals surface area contributed by atoms with Gasteiger partial charge < -0.3 is 5.73 Å². The lowest BCUT2D eigenvalue weighted by Gasteiger charge is -2.11. The molecule has 0 unspecified atom stereocenters. The van der Waals surface area contributed by atoms with E-state index in [4.69, 9.17) is 10.7 Å². The Bertz CT molecular complexity index is 780. The molecule has 3 rings (SSSR count). The molecule has 3 aromatic rings. The largest absolute Gasteiger partial charge is 0.383 e. The first-order valence-corrected chi connectivity index (χ1v) is 8.04. The van der Waals surface area contributed by atoms with Crippen molar-refractivity contribution in [2.75, 3.05) is 5.73 Å². The molecule has 0 spiro atoms. The van der Waals surface area contributed by atoms with Gasteiger partial charge in [-0.05, 0) is 27.9 Å². The monoisotopic (exact) mass is 347 g/mol. The van der Waals surface area contributed by atoms with Gasteiger partial charge in [0.1, 0.15) is 5.82 Å². The molecular formula is C15H14BrN3S. The average molecular weight is 348 g/mol. The fourth-order valence-electron chi connectivity index (χ4n) is 2.14. The number of nitrogen functional groups attached to an aromatic ring is 1. The van der Waals surface area contributed by atoms with Crippen molar-refractivity contribution in [3.63, 3.8) is 0 Å². The Hall–Kier alpha value is -1.46. The van der Waals surface area contributed by atoms with Gasteiger partial charge in [-0.15, -0.1) is 11.3 Å². The van der Waals surface area contributed by atoms with Crippen molar-refractivity contribution in [2.45, 2.75) is 19.8 Å². The van der Waals surface area contributed by atoms with E-state index in [0.717, 1.165) is 15.7 Å². The van der Waals surface area contributed by atoms with Crippen LogP contribution in [0.1, 0.15) is 25.5 Å². The number of hydrogen-bond donors (Lipinski definition) is 1. The van der Waals surface area contributed by atoms with E-state index in [2.05, 4.69) is 52.3 Å². The number of hydrogen-bond acceptors (Lipinski definition) is 4. The zero-order chi connectivity index (χ0) is 14.3. The number of benzene rings is 1. The maximum atomic E-state index is 6.01. The van der Waals surface area contributed by atoms with Crippen LogP contribution in [-0.2, 0) is 0 Å². The summed E-state index contributed by atoms with van der Waals surface area (Å²) < 4.78 is 2.04. The van der Waals surface area contributed by atoms with Crippen LogP contribution in [0.25, 0.3) is 21.5 Å². The highest BCUT2D eigenvalue weighted by Gasteiger charge is 2.16. The Morgan fingerprint density at radius 2 is 1.95 bits per heavy atom. The van der Waals surface area contributed by atoms with Gasteiger partial charge in [0.05, 0.1) is 10.2 Å². The zero-order valence-corrected chi connectivity index (χ0v) is 13.6. The first-order valence-electron chi connectivity index (χ1n) is 6.37. The molecule has 0 aliphatic heterocycles. The Labute approximate surface area is 130 Å². The highest BCUT2D eigenvalue weighted by atomic mass is 79.9. The van der Waals surface area contributed by atoms with E-state index in [1.807, 2.05) is 12.1 Å². The summed E-state index contributed by atoms with van der Waals surface area (Å²) in [5.74, 6) is 1.49. The van der Waals surface area contributed by atoms with Crippen molar-refractivity contribution in [1.82, 2.24) is 9.97 Å². The van der Waals surface area contributed by atoms with E-state index in [9.17, 15) is 0 Å². The quantitative estimate of drug-likeness (QED) is 0.722. The lowest BCUT2D eigenvalue weighted by molar-refractivity contribution is 0.811. The van der Waals surface area contributed by atoms with Gasteiger partial charge in [0.25, 0.3) is 0 Å². The van der Waals surface area contributed by atoms with Crippen LogP contribution < -0.4 is 5.73 Å². The molecular weight excluding hydrogens is 334 g/mol. The highest BCUT2D eigenvalue weighted by Crippen LogP contribution is 2.35. The number of aromatic nitrogens is 2. The molecule has 0 amide bonds. The van der Waals surface area contributed by atoms with Crippen LogP contribution >= 0.6 is 27.3 Å². The normalized spacial score (nSPS) is 11.4. The first kappa shape index (κ1) is 13.5. The Kier molecular flexibility index (Phi) is 3.48. The van der Waals surface area contributed by atoms with E-state index >= 15 is 0 Å². The summed E-state index contributed by atoms with van der Waals surface area (Å²) in [5.41, 5.74) is 8.01. The van der Waals surface area contributed by atoms with E-state index in [1.54, 1.807) is 11.3 Å². The Balaban J connectivity index is 2.24. The predicted molar refractivity (Wildman–Crippen MR) is 89.1 cm³/mol. The summed E-state index contributed by atoms with van der Waals surface area (Å²) >= 11 is 5.18. The smallest absolute Gasteiger partial charge is 0.163 e. The van der Waals surface area contributed by atoms with Gasteiger partial charge in [0.2, 0.25) is 0 Å². The SMILES string of the molecule is CC(C)c1nc(-c2csc3ccccc23)nc(N)c1Br. The molecule has 3 nitrogen and oxygen atoms in total. The molecule has 0 saturated heterocycles. The Morgan fingerprint density at radius 3 is 2.70 bits per heavy atom. The zero-order valence-electron chi connectivity index (χ0n) is 11.2. The fraction of sp³-hybridized carbons (Fsp3) is 0.200. The second-order valence-electron chi connectivity index (χ2n) is 4.93. The van der Waals surface area contributed by atoms with Crippen LogP contribution in [0.4, 0.5) is 5.82 Å². The third-order valence-electron chi connectivity index (χ3n) is 3.17. The molecule has 5 heteroatoms. The number of fused-ring (bicyclic) bond motifs is 1. The number of nitrogens with zero attached hydrogens (tertiary/aromatic N) is 2. The van der Waals surface area contributed by atoms with Crippen LogP contribution in [0.15, 0.2) is 34.1 Å². The minimum absolute atomic E-state index is 0.290.